The zero-order chi connectivity index (χ0) is 23.7. The fraction of sp³-hybridized carbons (Fsp3) is 0.269. The first-order valence-electron chi connectivity index (χ1n) is 11.2. The third-order valence-corrected chi connectivity index (χ3v) is 7.05. The molecular formula is C26H26N4O3S. The van der Waals surface area contributed by atoms with E-state index in [2.05, 4.69) is 14.8 Å². The van der Waals surface area contributed by atoms with Crippen LogP contribution in [-0.2, 0) is 13.6 Å². The lowest BCUT2D eigenvalue weighted by atomic mass is 10.2. The summed E-state index contributed by atoms with van der Waals surface area (Å²) in [5, 5.41) is 9.31. The second kappa shape index (κ2) is 9.38. The maximum absolute atomic E-state index is 13.1. The highest BCUT2D eigenvalue weighted by molar-refractivity contribution is 7.99. The number of rotatable bonds is 7. The summed E-state index contributed by atoms with van der Waals surface area (Å²) in [5.41, 5.74) is 3.69. The number of carbonyl (C=O) groups excluding carboxylic acids is 1. The zero-order valence-corrected chi connectivity index (χ0v) is 20.2. The molecule has 0 radical (unpaired) electrons. The van der Waals surface area contributed by atoms with Gasteiger partial charge in [-0.2, -0.15) is 0 Å². The molecule has 1 atom stereocenters. The molecule has 2 aromatic carbocycles. The van der Waals surface area contributed by atoms with Gasteiger partial charge in [-0.25, -0.2) is 0 Å². The number of carbonyl (C=O) groups is 1. The van der Waals surface area contributed by atoms with Gasteiger partial charge in [-0.3, -0.25) is 4.79 Å². The van der Waals surface area contributed by atoms with Crippen molar-refractivity contribution in [3.8, 4) is 22.9 Å². The molecule has 0 saturated heterocycles. The molecule has 1 aliphatic rings. The molecule has 0 aliphatic carbocycles. The van der Waals surface area contributed by atoms with Crippen LogP contribution < -0.4 is 9.47 Å². The van der Waals surface area contributed by atoms with E-state index in [0.717, 1.165) is 39.8 Å². The fourth-order valence-corrected chi connectivity index (χ4v) is 5.00. The lowest BCUT2D eigenvalue weighted by Gasteiger charge is -2.27. The highest BCUT2D eigenvalue weighted by Gasteiger charge is 2.24. The number of para-hydroxylation sites is 2. The van der Waals surface area contributed by atoms with Gasteiger partial charge in [0.05, 0.1) is 12.3 Å². The Labute approximate surface area is 202 Å². The third kappa shape index (κ3) is 4.33. The van der Waals surface area contributed by atoms with Gasteiger partial charge in [0.1, 0.15) is 6.61 Å². The molecule has 4 aromatic rings. The van der Waals surface area contributed by atoms with Crippen molar-refractivity contribution in [3.63, 3.8) is 0 Å². The predicted octanol–water partition coefficient (Wildman–Crippen LogP) is 4.72. The standard InChI is InChI=1S/C26H26N4O3S/c1-17-13-21(18(2)30(17)14-20-15-32-23-11-7-8-12-24(23)33-20)22(31)16-34-26-28-27-25(29(26)3)19-9-5-4-6-10-19/h4-13,20H,14-16H2,1-3H3. The van der Waals surface area contributed by atoms with Crippen molar-refractivity contribution in [2.24, 2.45) is 7.05 Å². The average Bonchev–Trinajstić information content (AvgIpc) is 3.37. The first kappa shape index (κ1) is 22.3. The van der Waals surface area contributed by atoms with Crippen molar-refractivity contribution in [2.75, 3.05) is 12.4 Å². The fourth-order valence-electron chi connectivity index (χ4n) is 4.21. The topological polar surface area (TPSA) is 71.2 Å². The maximum atomic E-state index is 13.1. The molecule has 7 nitrogen and oxygen atoms in total. The van der Waals surface area contributed by atoms with Crippen LogP contribution in [0.4, 0.5) is 0 Å². The number of Topliss-reactive ketones (excluding diaryl/α,β-unsaturated/α-hetero) is 1. The van der Waals surface area contributed by atoms with Gasteiger partial charge in [-0.05, 0) is 32.0 Å². The van der Waals surface area contributed by atoms with Gasteiger partial charge in [0.15, 0.2) is 34.4 Å². The smallest absolute Gasteiger partial charge is 0.191 e. The number of aryl methyl sites for hydroxylation is 1. The molecule has 1 aliphatic heterocycles. The minimum absolute atomic E-state index is 0.0692. The molecule has 3 heterocycles. The van der Waals surface area contributed by atoms with E-state index in [1.165, 1.54) is 11.8 Å². The van der Waals surface area contributed by atoms with E-state index in [1.54, 1.807) is 0 Å². The summed E-state index contributed by atoms with van der Waals surface area (Å²) in [5.74, 6) is 2.67. The van der Waals surface area contributed by atoms with E-state index >= 15 is 0 Å². The Kier molecular flexibility index (Phi) is 6.15. The number of fused-ring (bicyclic) bond motifs is 1. The van der Waals surface area contributed by atoms with Crippen molar-refractivity contribution in [2.45, 2.75) is 31.7 Å². The molecule has 0 N–H and O–H groups in total. The van der Waals surface area contributed by atoms with Crippen LogP contribution in [-0.4, -0.2) is 43.6 Å². The number of ketones is 1. The molecule has 34 heavy (non-hydrogen) atoms. The number of aromatic nitrogens is 4. The normalized spacial score (nSPS) is 14.9. The molecule has 8 heteroatoms. The van der Waals surface area contributed by atoms with Crippen LogP contribution in [0.1, 0.15) is 21.7 Å². The second-order valence-corrected chi connectivity index (χ2v) is 9.28. The maximum Gasteiger partial charge on any atom is 0.191 e. The number of thioether (sulfide) groups is 1. The first-order valence-corrected chi connectivity index (χ1v) is 12.2. The van der Waals surface area contributed by atoms with Gasteiger partial charge < -0.3 is 18.6 Å². The SMILES string of the molecule is Cc1cc(C(=O)CSc2nnc(-c3ccccc3)n2C)c(C)n1CC1COc2ccccc2O1. The molecular weight excluding hydrogens is 448 g/mol. The van der Waals surface area contributed by atoms with Crippen molar-refractivity contribution in [1.29, 1.82) is 0 Å². The van der Waals surface area contributed by atoms with Crippen molar-refractivity contribution >= 4 is 17.5 Å². The van der Waals surface area contributed by atoms with Crippen LogP contribution in [0.5, 0.6) is 11.5 Å². The summed E-state index contributed by atoms with van der Waals surface area (Å²) in [6, 6.07) is 19.6. The van der Waals surface area contributed by atoms with Crippen molar-refractivity contribution < 1.29 is 14.3 Å². The minimum Gasteiger partial charge on any atom is -0.486 e. The zero-order valence-electron chi connectivity index (χ0n) is 19.4. The quantitative estimate of drug-likeness (QED) is 0.285. The monoisotopic (exact) mass is 474 g/mol. The highest BCUT2D eigenvalue weighted by atomic mass is 32.2. The number of nitrogens with zero attached hydrogens (tertiary/aromatic N) is 4. The van der Waals surface area contributed by atoms with Gasteiger partial charge in [0, 0.05) is 29.6 Å². The Hall–Kier alpha value is -3.52. The lowest BCUT2D eigenvalue weighted by Crippen LogP contribution is -2.33. The van der Waals surface area contributed by atoms with E-state index in [9.17, 15) is 4.79 Å². The molecule has 1 unspecified atom stereocenters. The second-order valence-electron chi connectivity index (χ2n) is 8.34. The highest BCUT2D eigenvalue weighted by Crippen LogP contribution is 2.32. The van der Waals surface area contributed by atoms with Crippen LogP contribution in [0.2, 0.25) is 0 Å². The van der Waals surface area contributed by atoms with Gasteiger partial charge in [0.2, 0.25) is 0 Å². The van der Waals surface area contributed by atoms with Crippen LogP contribution in [0, 0.1) is 13.8 Å². The van der Waals surface area contributed by atoms with Gasteiger partial charge in [0.25, 0.3) is 0 Å². The Bertz CT molecular complexity index is 1330. The average molecular weight is 475 g/mol. The molecule has 0 saturated carbocycles. The summed E-state index contributed by atoms with van der Waals surface area (Å²) < 4.78 is 16.0. The van der Waals surface area contributed by atoms with Crippen molar-refractivity contribution in [3.05, 3.63) is 77.6 Å². The number of hydrogen-bond donors (Lipinski definition) is 0. The molecule has 5 rings (SSSR count). The molecule has 0 fully saturated rings. The Morgan fingerprint density at radius 2 is 1.79 bits per heavy atom. The summed E-state index contributed by atoms with van der Waals surface area (Å²) in [6.07, 6.45) is -0.118. The first-order chi connectivity index (χ1) is 16.5. The van der Waals surface area contributed by atoms with E-state index in [-0.39, 0.29) is 11.9 Å². The van der Waals surface area contributed by atoms with Crippen LogP contribution >= 0.6 is 11.8 Å². The van der Waals surface area contributed by atoms with E-state index < -0.39 is 0 Å². The molecule has 2 aromatic heterocycles. The summed E-state index contributed by atoms with van der Waals surface area (Å²) >= 11 is 1.40. The van der Waals surface area contributed by atoms with E-state index in [1.807, 2.05) is 86.1 Å². The Morgan fingerprint density at radius 1 is 1.06 bits per heavy atom. The van der Waals surface area contributed by atoms with E-state index in [4.69, 9.17) is 9.47 Å². The van der Waals surface area contributed by atoms with Gasteiger partial charge in [-0.15, -0.1) is 10.2 Å². The lowest BCUT2D eigenvalue weighted by molar-refractivity contribution is 0.0777. The van der Waals surface area contributed by atoms with E-state index in [0.29, 0.717) is 24.1 Å². The number of benzene rings is 2. The largest absolute Gasteiger partial charge is 0.486 e. The Morgan fingerprint density at radius 3 is 2.59 bits per heavy atom. The molecule has 0 bridgehead atoms. The number of hydrogen-bond acceptors (Lipinski definition) is 6. The third-order valence-electron chi connectivity index (χ3n) is 6.03. The van der Waals surface area contributed by atoms with Crippen LogP contribution in [0.25, 0.3) is 11.4 Å². The molecule has 0 spiro atoms. The van der Waals surface area contributed by atoms with Gasteiger partial charge in [-0.1, -0.05) is 54.2 Å². The Balaban J connectivity index is 1.26. The van der Waals surface area contributed by atoms with Crippen molar-refractivity contribution in [1.82, 2.24) is 19.3 Å². The predicted molar refractivity (Wildman–Crippen MR) is 132 cm³/mol. The minimum atomic E-state index is -0.118. The summed E-state index contributed by atoms with van der Waals surface area (Å²) in [6.45, 7) is 5.10. The van der Waals surface area contributed by atoms with Gasteiger partial charge >= 0.3 is 0 Å². The summed E-state index contributed by atoms with van der Waals surface area (Å²) in [4.78, 5) is 13.1. The van der Waals surface area contributed by atoms with Crippen LogP contribution in [0.15, 0.2) is 65.8 Å². The molecule has 0 amide bonds. The summed E-state index contributed by atoms with van der Waals surface area (Å²) in [7, 11) is 1.92. The molecule has 174 valence electrons. The van der Waals surface area contributed by atoms with Crippen LogP contribution in [0.3, 0.4) is 0 Å². The number of ether oxygens (including phenoxy) is 2.